The fourth-order valence-electron chi connectivity index (χ4n) is 4.79. The number of rotatable bonds is 5. The van der Waals surface area contributed by atoms with Gasteiger partial charge in [-0.3, -0.25) is 4.79 Å². The van der Waals surface area contributed by atoms with Crippen LogP contribution >= 0.6 is 11.6 Å². The van der Waals surface area contributed by atoms with Gasteiger partial charge in [-0.1, -0.05) is 30.2 Å². The lowest BCUT2D eigenvalue weighted by atomic mass is 9.95. The number of nitrogens with one attached hydrogen (secondary N) is 1. The third-order valence-electron chi connectivity index (χ3n) is 6.07. The van der Waals surface area contributed by atoms with Crippen LogP contribution in [0.3, 0.4) is 0 Å². The third-order valence-corrected chi connectivity index (χ3v) is 6.32. The number of hydrogen-bond acceptors (Lipinski definition) is 2. The van der Waals surface area contributed by atoms with Gasteiger partial charge in [0.1, 0.15) is 0 Å². The van der Waals surface area contributed by atoms with Crippen LogP contribution in [-0.4, -0.2) is 29.4 Å². The Morgan fingerprint density at radius 1 is 1.13 bits per heavy atom. The van der Waals surface area contributed by atoms with E-state index in [1.807, 2.05) is 24.3 Å². The first-order valence-electron chi connectivity index (χ1n) is 8.96. The van der Waals surface area contributed by atoms with Gasteiger partial charge in [0, 0.05) is 36.6 Å². The summed E-state index contributed by atoms with van der Waals surface area (Å²) in [6, 6.07) is 8.89. The number of amides is 1. The maximum atomic E-state index is 12.3. The van der Waals surface area contributed by atoms with Crippen LogP contribution < -0.4 is 5.32 Å². The molecule has 0 spiro atoms. The summed E-state index contributed by atoms with van der Waals surface area (Å²) in [6.45, 7) is 1.66. The average Bonchev–Trinajstić information content (AvgIpc) is 3.25. The maximum absolute atomic E-state index is 12.3. The fraction of sp³-hybridized carbons (Fsp3) is 0.632. The van der Waals surface area contributed by atoms with Gasteiger partial charge in [-0.25, -0.2) is 0 Å². The summed E-state index contributed by atoms with van der Waals surface area (Å²) in [7, 11) is 0. The molecular weight excluding hydrogens is 308 g/mol. The van der Waals surface area contributed by atoms with Crippen LogP contribution in [0.4, 0.5) is 0 Å². The van der Waals surface area contributed by atoms with Crippen molar-refractivity contribution in [3.63, 3.8) is 0 Å². The van der Waals surface area contributed by atoms with Gasteiger partial charge in [0.15, 0.2) is 0 Å². The summed E-state index contributed by atoms with van der Waals surface area (Å²) in [4.78, 5) is 14.3. The molecule has 0 radical (unpaired) electrons. The van der Waals surface area contributed by atoms with Crippen LogP contribution in [0.2, 0.25) is 5.02 Å². The molecule has 1 saturated heterocycles. The van der Waals surface area contributed by atoms with Crippen molar-refractivity contribution in [1.29, 1.82) is 0 Å². The number of carbonyl (C=O) groups excluding carboxylic acids is 1. The number of likely N-dealkylation sites (tertiary alicyclic amines) is 1. The maximum Gasteiger partial charge on any atom is 0.223 e. The first-order chi connectivity index (χ1) is 11.2. The van der Waals surface area contributed by atoms with E-state index in [0.717, 1.165) is 35.4 Å². The highest BCUT2D eigenvalue weighted by atomic mass is 35.5. The lowest BCUT2D eigenvalue weighted by Gasteiger charge is -2.29. The number of benzene rings is 1. The molecule has 2 saturated carbocycles. The summed E-state index contributed by atoms with van der Waals surface area (Å²) in [5.74, 6) is 2.15. The van der Waals surface area contributed by atoms with E-state index in [1.165, 1.54) is 25.7 Å². The van der Waals surface area contributed by atoms with Gasteiger partial charge < -0.3 is 10.2 Å². The zero-order valence-corrected chi connectivity index (χ0v) is 14.3. The number of carbonyl (C=O) groups is 1. The second-order valence-electron chi connectivity index (χ2n) is 7.53. The SMILES string of the molecule is O=C1CCC(CNC2C[C@H]3CC[C@@H]2C3)N1Cc1ccc(Cl)cc1. The Hall–Kier alpha value is -1.06. The number of nitrogens with zero attached hydrogens (tertiary/aromatic N) is 1. The first kappa shape index (κ1) is 15.5. The molecule has 2 bridgehead atoms. The van der Waals surface area contributed by atoms with Gasteiger partial charge >= 0.3 is 0 Å². The van der Waals surface area contributed by atoms with Crippen LogP contribution in [0.15, 0.2) is 24.3 Å². The predicted octanol–water partition coefficient (Wildman–Crippen LogP) is 3.61. The van der Waals surface area contributed by atoms with Crippen molar-refractivity contribution in [2.24, 2.45) is 11.8 Å². The minimum Gasteiger partial charge on any atom is -0.334 e. The highest BCUT2D eigenvalue weighted by Gasteiger charge is 2.40. The van der Waals surface area contributed by atoms with Crippen molar-refractivity contribution >= 4 is 17.5 Å². The molecule has 3 nitrogen and oxygen atoms in total. The van der Waals surface area contributed by atoms with E-state index in [2.05, 4.69) is 10.2 Å². The van der Waals surface area contributed by atoms with Gasteiger partial charge in [-0.05, 0) is 55.2 Å². The summed E-state index contributed by atoms with van der Waals surface area (Å²) in [5, 5.41) is 4.53. The van der Waals surface area contributed by atoms with E-state index >= 15 is 0 Å². The monoisotopic (exact) mass is 332 g/mol. The molecule has 4 heteroatoms. The third kappa shape index (κ3) is 3.27. The Balaban J connectivity index is 1.35. The zero-order valence-electron chi connectivity index (χ0n) is 13.5. The van der Waals surface area contributed by atoms with Gasteiger partial charge in [-0.15, -0.1) is 0 Å². The van der Waals surface area contributed by atoms with E-state index in [-0.39, 0.29) is 0 Å². The summed E-state index contributed by atoms with van der Waals surface area (Å²) < 4.78 is 0. The van der Waals surface area contributed by atoms with E-state index in [1.54, 1.807) is 0 Å². The zero-order chi connectivity index (χ0) is 15.8. The van der Waals surface area contributed by atoms with Crippen LogP contribution in [0, 0.1) is 11.8 Å². The fourth-order valence-corrected chi connectivity index (χ4v) is 4.92. The molecule has 23 heavy (non-hydrogen) atoms. The Morgan fingerprint density at radius 3 is 2.65 bits per heavy atom. The number of fused-ring (bicyclic) bond motifs is 2. The minimum absolute atomic E-state index is 0.291. The molecule has 3 aliphatic rings. The largest absolute Gasteiger partial charge is 0.334 e. The van der Waals surface area contributed by atoms with E-state index in [0.29, 0.717) is 31.0 Å². The van der Waals surface area contributed by atoms with Crippen molar-refractivity contribution in [3.05, 3.63) is 34.9 Å². The molecule has 124 valence electrons. The van der Waals surface area contributed by atoms with Crippen molar-refractivity contribution in [1.82, 2.24) is 10.2 Å². The molecule has 1 aromatic carbocycles. The molecule has 3 fully saturated rings. The van der Waals surface area contributed by atoms with Gasteiger partial charge in [0.25, 0.3) is 0 Å². The molecule has 1 aliphatic heterocycles. The van der Waals surface area contributed by atoms with Crippen molar-refractivity contribution < 1.29 is 4.79 Å². The van der Waals surface area contributed by atoms with E-state index in [9.17, 15) is 4.79 Å². The van der Waals surface area contributed by atoms with E-state index < -0.39 is 0 Å². The molecule has 1 aromatic rings. The smallest absolute Gasteiger partial charge is 0.223 e. The summed E-state index contributed by atoms with van der Waals surface area (Å²) >= 11 is 5.95. The second-order valence-corrected chi connectivity index (χ2v) is 7.97. The van der Waals surface area contributed by atoms with Crippen LogP contribution in [0.1, 0.15) is 44.1 Å². The molecular formula is C19H25ClN2O. The number of halogens is 1. The Kier molecular flexibility index (Phi) is 4.33. The molecule has 0 aromatic heterocycles. The molecule has 1 heterocycles. The van der Waals surface area contributed by atoms with Gasteiger partial charge in [-0.2, -0.15) is 0 Å². The predicted molar refractivity (Wildman–Crippen MR) is 92.3 cm³/mol. The Bertz CT molecular complexity index is 573. The van der Waals surface area contributed by atoms with Crippen LogP contribution in [0.5, 0.6) is 0 Å². The highest BCUT2D eigenvalue weighted by Crippen LogP contribution is 2.44. The normalized spacial score (nSPS) is 32.9. The topological polar surface area (TPSA) is 32.3 Å². The minimum atomic E-state index is 0.291. The second kappa shape index (κ2) is 6.45. The van der Waals surface area contributed by atoms with Crippen LogP contribution in [-0.2, 0) is 11.3 Å². The molecule has 2 unspecified atom stereocenters. The summed E-state index contributed by atoms with van der Waals surface area (Å²) in [6.07, 6.45) is 7.29. The van der Waals surface area contributed by atoms with E-state index in [4.69, 9.17) is 11.6 Å². The van der Waals surface area contributed by atoms with Crippen molar-refractivity contribution in [2.45, 2.75) is 57.2 Å². The van der Waals surface area contributed by atoms with Gasteiger partial charge in [0.05, 0.1) is 0 Å². The summed E-state index contributed by atoms with van der Waals surface area (Å²) in [5.41, 5.74) is 1.16. The lowest BCUT2D eigenvalue weighted by molar-refractivity contribution is -0.129. The highest BCUT2D eigenvalue weighted by molar-refractivity contribution is 6.30. The molecule has 4 atom stereocenters. The molecule has 4 rings (SSSR count). The standard InChI is InChI=1S/C19H25ClN2O/c20-16-5-2-13(3-6-16)12-22-17(7-8-19(22)23)11-21-18-10-14-1-4-15(18)9-14/h2-3,5-6,14-15,17-18,21H,1,4,7-12H2/t14-,15+,17?,18?/m0/s1. The lowest BCUT2D eigenvalue weighted by Crippen LogP contribution is -2.44. The van der Waals surface area contributed by atoms with Crippen molar-refractivity contribution in [3.8, 4) is 0 Å². The van der Waals surface area contributed by atoms with Crippen LogP contribution in [0.25, 0.3) is 0 Å². The van der Waals surface area contributed by atoms with Crippen molar-refractivity contribution in [2.75, 3.05) is 6.54 Å². The average molecular weight is 333 g/mol. The van der Waals surface area contributed by atoms with Gasteiger partial charge in [0.2, 0.25) is 5.91 Å². The molecule has 1 amide bonds. The molecule has 2 aliphatic carbocycles. The Labute approximate surface area is 143 Å². The molecule has 1 N–H and O–H groups in total. The Morgan fingerprint density at radius 2 is 1.96 bits per heavy atom. The first-order valence-corrected chi connectivity index (χ1v) is 9.34. The number of hydrogen-bond donors (Lipinski definition) is 1. The quantitative estimate of drug-likeness (QED) is 0.893.